The topological polar surface area (TPSA) is 29.3 Å². The number of thioether (sulfide) groups is 1. The van der Waals surface area contributed by atoms with Crippen molar-refractivity contribution >= 4 is 17.4 Å². The lowest BCUT2D eigenvalue weighted by molar-refractivity contribution is 0.252. The van der Waals surface area contributed by atoms with Gasteiger partial charge < -0.3 is 10.6 Å². The molecular formula is C12H16F2N2S. The van der Waals surface area contributed by atoms with Gasteiger partial charge in [0.05, 0.1) is 0 Å². The first-order chi connectivity index (χ1) is 8.15. The van der Waals surface area contributed by atoms with Crippen LogP contribution in [-0.2, 0) is 0 Å². The second-order valence-electron chi connectivity index (χ2n) is 4.22. The van der Waals surface area contributed by atoms with Gasteiger partial charge in [0.25, 0.3) is 5.76 Å². The zero-order chi connectivity index (χ0) is 12.3. The minimum absolute atomic E-state index is 0.221. The van der Waals surface area contributed by atoms with Crippen LogP contribution < -0.4 is 10.6 Å². The average molecular weight is 258 g/mol. The molecule has 0 saturated carbocycles. The molecule has 1 aromatic carbocycles. The molecule has 5 heteroatoms. The Kier molecular flexibility index (Phi) is 4.23. The Morgan fingerprint density at radius 3 is 2.59 bits per heavy atom. The van der Waals surface area contributed by atoms with Crippen LogP contribution in [0, 0.1) is 0 Å². The third kappa shape index (κ3) is 3.57. The first-order valence-corrected chi connectivity index (χ1v) is 6.58. The molecule has 0 aromatic heterocycles. The Morgan fingerprint density at radius 2 is 2.00 bits per heavy atom. The van der Waals surface area contributed by atoms with Gasteiger partial charge in [-0.3, -0.25) is 0 Å². The van der Waals surface area contributed by atoms with Gasteiger partial charge in [0, 0.05) is 29.7 Å². The molecule has 0 bridgehead atoms. The lowest BCUT2D eigenvalue weighted by Gasteiger charge is -2.32. The molecule has 17 heavy (non-hydrogen) atoms. The molecule has 1 fully saturated rings. The number of piperidine rings is 1. The highest BCUT2D eigenvalue weighted by molar-refractivity contribution is 7.99. The van der Waals surface area contributed by atoms with Crippen LogP contribution >= 0.6 is 11.8 Å². The van der Waals surface area contributed by atoms with E-state index < -0.39 is 5.76 Å². The Bertz CT molecular complexity index is 356. The van der Waals surface area contributed by atoms with Crippen LogP contribution in [0.4, 0.5) is 14.5 Å². The van der Waals surface area contributed by atoms with Crippen molar-refractivity contribution < 1.29 is 8.78 Å². The van der Waals surface area contributed by atoms with Crippen LogP contribution in [0.15, 0.2) is 29.2 Å². The van der Waals surface area contributed by atoms with Crippen molar-refractivity contribution in [2.24, 2.45) is 5.73 Å². The quantitative estimate of drug-likeness (QED) is 0.845. The molecule has 1 aliphatic heterocycles. The second kappa shape index (κ2) is 5.69. The molecule has 0 amide bonds. The molecule has 2 rings (SSSR count). The van der Waals surface area contributed by atoms with Crippen LogP contribution in [0.3, 0.4) is 0 Å². The summed E-state index contributed by atoms with van der Waals surface area (Å²) in [6.07, 6.45) is 2.16. The predicted molar refractivity (Wildman–Crippen MR) is 67.7 cm³/mol. The number of nitrogens with two attached hydrogens (primary N) is 1. The van der Waals surface area contributed by atoms with Crippen LogP contribution in [-0.4, -0.2) is 24.9 Å². The summed E-state index contributed by atoms with van der Waals surface area (Å²) in [5, 5.41) is 0. The molecule has 94 valence electrons. The largest absolute Gasteiger partial charge is 0.370 e. The zero-order valence-electron chi connectivity index (χ0n) is 9.48. The van der Waals surface area contributed by atoms with Crippen molar-refractivity contribution in [3.63, 3.8) is 0 Å². The zero-order valence-corrected chi connectivity index (χ0v) is 10.3. The van der Waals surface area contributed by atoms with Crippen molar-refractivity contribution in [1.29, 1.82) is 0 Å². The molecule has 0 radical (unpaired) electrons. The van der Waals surface area contributed by atoms with E-state index in [9.17, 15) is 8.78 Å². The first kappa shape index (κ1) is 12.6. The number of nitrogens with zero attached hydrogens (tertiary/aromatic N) is 1. The van der Waals surface area contributed by atoms with Gasteiger partial charge in [0.15, 0.2) is 0 Å². The van der Waals surface area contributed by atoms with Crippen LogP contribution in [0.1, 0.15) is 12.8 Å². The summed E-state index contributed by atoms with van der Waals surface area (Å²) >= 11 is 0.578. The van der Waals surface area contributed by atoms with Crippen LogP contribution in [0.5, 0.6) is 0 Å². The smallest absolute Gasteiger partial charge is 0.288 e. The Morgan fingerprint density at radius 1 is 1.29 bits per heavy atom. The average Bonchev–Trinajstić information content (AvgIpc) is 2.29. The van der Waals surface area contributed by atoms with E-state index >= 15 is 0 Å². The maximum atomic E-state index is 12.2. The molecule has 0 aliphatic carbocycles. The van der Waals surface area contributed by atoms with E-state index in [1.54, 1.807) is 12.1 Å². The van der Waals surface area contributed by atoms with Crippen molar-refractivity contribution in [2.45, 2.75) is 29.5 Å². The van der Waals surface area contributed by atoms with Gasteiger partial charge >= 0.3 is 0 Å². The van der Waals surface area contributed by atoms with Crippen molar-refractivity contribution in [2.75, 3.05) is 18.0 Å². The summed E-state index contributed by atoms with van der Waals surface area (Å²) in [6.45, 7) is 1.84. The van der Waals surface area contributed by atoms with Gasteiger partial charge in [0.2, 0.25) is 0 Å². The van der Waals surface area contributed by atoms with Crippen LogP contribution in [0.2, 0.25) is 0 Å². The number of hydrogen-bond donors (Lipinski definition) is 1. The van der Waals surface area contributed by atoms with Gasteiger partial charge in [-0.25, -0.2) is 0 Å². The predicted octanol–water partition coefficient (Wildman–Crippen LogP) is 2.93. The number of hydrogen-bond acceptors (Lipinski definition) is 3. The van der Waals surface area contributed by atoms with E-state index in [0.29, 0.717) is 16.7 Å². The fraction of sp³-hybridized carbons (Fsp3) is 0.500. The number of benzene rings is 1. The minimum Gasteiger partial charge on any atom is -0.370 e. The van der Waals surface area contributed by atoms with Crippen molar-refractivity contribution in [3.05, 3.63) is 24.3 Å². The highest BCUT2D eigenvalue weighted by atomic mass is 32.2. The molecule has 1 aromatic rings. The standard InChI is InChI=1S/C12H16F2N2S/c13-12(14)17-11-5-3-10(4-6-11)16-7-1-2-9(15)8-16/h3-6,9,12H,1-2,7-8,15H2. The summed E-state index contributed by atoms with van der Waals surface area (Å²) in [5.41, 5.74) is 6.98. The van der Waals surface area contributed by atoms with E-state index in [2.05, 4.69) is 4.90 Å². The van der Waals surface area contributed by atoms with Gasteiger partial charge in [-0.15, -0.1) is 0 Å². The SMILES string of the molecule is NC1CCCN(c2ccc(SC(F)F)cc2)C1. The van der Waals surface area contributed by atoms with E-state index in [1.165, 1.54) is 0 Å². The highest BCUT2D eigenvalue weighted by Gasteiger charge is 2.16. The number of rotatable bonds is 3. The third-order valence-electron chi connectivity index (χ3n) is 2.88. The molecule has 2 nitrogen and oxygen atoms in total. The summed E-state index contributed by atoms with van der Waals surface area (Å²) < 4.78 is 24.3. The maximum absolute atomic E-state index is 12.2. The lowest BCUT2D eigenvalue weighted by Crippen LogP contribution is -2.42. The summed E-state index contributed by atoms with van der Waals surface area (Å²) in [5.74, 6) is -2.36. The Balaban J connectivity index is 2.01. The summed E-state index contributed by atoms with van der Waals surface area (Å²) in [6, 6.07) is 7.49. The van der Waals surface area contributed by atoms with Crippen LogP contribution in [0.25, 0.3) is 0 Å². The fourth-order valence-corrected chi connectivity index (χ4v) is 2.58. The van der Waals surface area contributed by atoms with Crippen molar-refractivity contribution in [3.8, 4) is 0 Å². The fourth-order valence-electron chi connectivity index (χ4n) is 2.08. The summed E-state index contributed by atoms with van der Waals surface area (Å²) in [7, 11) is 0. The van der Waals surface area contributed by atoms with Gasteiger partial charge in [0.1, 0.15) is 0 Å². The van der Waals surface area contributed by atoms with Gasteiger partial charge in [-0.1, -0.05) is 11.8 Å². The van der Waals surface area contributed by atoms with E-state index in [4.69, 9.17) is 5.73 Å². The lowest BCUT2D eigenvalue weighted by atomic mass is 10.1. The van der Waals surface area contributed by atoms with Gasteiger partial charge in [-0.05, 0) is 37.1 Å². The summed E-state index contributed by atoms with van der Waals surface area (Å²) in [4.78, 5) is 2.82. The normalized spacial score (nSPS) is 20.9. The molecule has 0 spiro atoms. The minimum atomic E-state index is -2.36. The molecule has 1 unspecified atom stereocenters. The van der Waals surface area contributed by atoms with E-state index in [0.717, 1.165) is 31.6 Å². The second-order valence-corrected chi connectivity index (χ2v) is 5.28. The molecular weight excluding hydrogens is 242 g/mol. The van der Waals surface area contributed by atoms with Crippen molar-refractivity contribution in [1.82, 2.24) is 0 Å². The molecule has 1 aliphatic rings. The highest BCUT2D eigenvalue weighted by Crippen LogP contribution is 2.28. The number of alkyl halides is 2. The first-order valence-electron chi connectivity index (χ1n) is 5.70. The molecule has 1 saturated heterocycles. The van der Waals surface area contributed by atoms with E-state index in [-0.39, 0.29) is 6.04 Å². The monoisotopic (exact) mass is 258 g/mol. The van der Waals surface area contributed by atoms with Gasteiger partial charge in [-0.2, -0.15) is 8.78 Å². The number of halogens is 2. The third-order valence-corrected chi connectivity index (χ3v) is 3.61. The van der Waals surface area contributed by atoms with E-state index in [1.807, 2.05) is 12.1 Å². The Hall–Kier alpha value is -0.810. The maximum Gasteiger partial charge on any atom is 0.288 e. The molecule has 2 N–H and O–H groups in total. The number of anilines is 1. The molecule has 1 atom stereocenters. The molecule has 1 heterocycles. The Labute approximate surface area is 104 Å².